The van der Waals surface area contributed by atoms with Crippen molar-refractivity contribution in [3.8, 4) is 0 Å². The highest BCUT2D eigenvalue weighted by molar-refractivity contribution is 5.69. The van der Waals surface area contributed by atoms with Gasteiger partial charge < -0.3 is 10.2 Å². The van der Waals surface area contributed by atoms with Crippen molar-refractivity contribution < 1.29 is 19.8 Å². The number of benzene rings is 1. The van der Waals surface area contributed by atoms with Gasteiger partial charge in [-0.1, -0.05) is 30.3 Å². The molecule has 18 heavy (non-hydrogen) atoms. The van der Waals surface area contributed by atoms with Crippen LogP contribution in [0.1, 0.15) is 24.9 Å². The minimum atomic E-state index is -0.955. The lowest BCUT2D eigenvalue weighted by Crippen LogP contribution is -2.34. The van der Waals surface area contributed by atoms with E-state index in [9.17, 15) is 9.59 Å². The van der Waals surface area contributed by atoms with Gasteiger partial charge in [0.1, 0.15) is 0 Å². The van der Waals surface area contributed by atoms with E-state index in [1.54, 1.807) is 4.90 Å². The van der Waals surface area contributed by atoms with Crippen LogP contribution in [0.5, 0.6) is 0 Å². The number of nitrogens with zero attached hydrogens (tertiary/aromatic N) is 1. The molecule has 0 amide bonds. The van der Waals surface area contributed by atoms with Crippen molar-refractivity contribution in [2.45, 2.75) is 19.4 Å². The van der Waals surface area contributed by atoms with Crippen molar-refractivity contribution in [3.63, 3.8) is 0 Å². The van der Waals surface area contributed by atoms with Crippen LogP contribution in [0.4, 0.5) is 0 Å². The molecule has 1 unspecified atom stereocenters. The summed E-state index contributed by atoms with van der Waals surface area (Å²) in [5.41, 5.74) is 0.976. The van der Waals surface area contributed by atoms with Gasteiger partial charge in [0.05, 0.1) is 13.0 Å². The van der Waals surface area contributed by atoms with Gasteiger partial charge in [-0.25, -0.2) is 0 Å². The predicted octanol–water partition coefficient (Wildman–Crippen LogP) is 1.61. The Morgan fingerprint density at radius 3 is 2.28 bits per heavy atom. The van der Waals surface area contributed by atoms with E-state index in [1.807, 2.05) is 37.3 Å². The standard InChI is InChI=1S/C13H17NO4/c1-10(11-5-3-2-4-6-11)14(9-13(17)18)8-7-12(15)16/h2-6,10H,7-9H2,1H3,(H,15,16)(H,17,18). The largest absolute Gasteiger partial charge is 0.481 e. The summed E-state index contributed by atoms with van der Waals surface area (Å²) >= 11 is 0. The zero-order chi connectivity index (χ0) is 13.5. The van der Waals surface area contributed by atoms with Gasteiger partial charge in [-0.15, -0.1) is 0 Å². The van der Waals surface area contributed by atoms with E-state index >= 15 is 0 Å². The van der Waals surface area contributed by atoms with E-state index in [1.165, 1.54) is 0 Å². The molecule has 5 heteroatoms. The maximum atomic E-state index is 10.8. The monoisotopic (exact) mass is 251 g/mol. The molecule has 1 atom stereocenters. The van der Waals surface area contributed by atoms with Crippen molar-refractivity contribution in [1.29, 1.82) is 0 Å². The van der Waals surface area contributed by atoms with Gasteiger partial charge in [0.15, 0.2) is 0 Å². The molecule has 0 bridgehead atoms. The van der Waals surface area contributed by atoms with Crippen LogP contribution in [0.25, 0.3) is 0 Å². The summed E-state index contributed by atoms with van der Waals surface area (Å²) in [6.07, 6.45) is -0.0650. The zero-order valence-corrected chi connectivity index (χ0v) is 10.2. The SMILES string of the molecule is CC(c1ccccc1)N(CCC(=O)O)CC(=O)O. The van der Waals surface area contributed by atoms with Gasteiger partial charge in [-0.3, -0.25) is 14.5 Å². The number of hydrogen-bond donors (Lipinski definition) is 2. The Hall–Kier alpha value is -1.88. The number of carbonyl (C=O) groups is 2. The minimum absolute atomic E-state index is 0.0650. The Morgan fingerprint density at radius 2 is 1.78 bits per heavy atom. The lowest BCUT2D eigenvalue weighted by Gasteiger charge is -2.27. The molecular formula is C13H17NO4. The maximum Gasteiger partial charge on any atom is 0.317 e. The van der Waals surface area contributed by atoms with Crippen LogP contribution < -0.4 is 0 Å². The first kappa shape index (κ1) is 14.2. The van der Waals surface area contributed by atoms with Gasteiger partial charge in [0.25, 0.3) is 0 Å². The molecule has 0 spiro atoms. The van der Waals surface area contributed by atoms with Crippen LogP contribution in [-0.2, 0) is 9.59 Å². The molecule has 2 N–H and O–H groups in total. The average molecular weight is 251 g/mol. The summed E-state index contributed by atoms with van der Waals surface area (Å²) in [4.78, 5) is 23.0. The van der Waals surface area contributed by atoms with Crippen LogP contribution in [-0.4, -0.2) is 40.1 Å². The van der Waals surface area contributed by atoms with Crippen molar-refractivity contribution >= 4 is 11.9 Å². The Balaban J connectivity index is 2.75. The van der Waals surface area contributed by atoms with E-state index in [0.717, 1.165) is 5.56 Å². The lowest BCUT2D eigenvalue weighted by atomic mass is 10.1. The van der Waals surface area contributed by atoms with Crippen LogP contribution >= 0.6 is 0 Å². The Kier molecular flexibility index (Phi) is 5.32. The first-order valence-electron chi connectivity index (χ1n) is 5.73. The highest BCUT2D eigenvalue weighted by Gasteiger charge is 2.18. The fourth-order valence-electron chi connectivity index (χ4n) is 1.76. The second-order valence-electron chi connectivity index (χ2n) is 4.09. The third-order valence-corrected chi connectivity index (χ3v) is 2.78. The summed E-state index contributed by atoms with van der Waals surface area (Å²) in [7, 11) is 0. The molecule has 0 aliphatic carbocycles. The molecule has 98 valence electrons. The zero-order valence-electron chi connectivity index (χ0n) is 10.2. The summed E-state index contributed by atoms with van der Waals surface area (Å²) in [6, 6.07) is 9.32. The summed E-state index contributed by atoms with van der Waals surface area (Å²) in [5.74, 6) is -1.88. The molecule has 1 rings (SSSR count). The van der Waals surface area contributed by atoms with E-state index in [2.05, 4.69) is 0 Å². The van der Waals surface area contributed by atoms with Gasteiger partial charge in [0.2, 0.25) is 0 Å². The third-order valence-electron chi connectivity index (χ3n) is 2.78. The molecule has 1 aromatic carbocycles. The molecular weight excluding hydrogens is 234 g/mol. The van der Waals surface area contributed by atoms with Crippen LogP contribution in [0.15, 0.2) is 30.3 Å². The van der Waals surface area contributed by atoms with Crippen LogP contribution in [0.3, 0.4) is 0 Å². The molecule has 0 aliphatic heterocycles. The molecule has 0 radical (unpaired) electrons. The number of carboxylic acid groups (broad SMARTS) is 2. The fraction of sp³-hybridized carbons (Fsp3) is 0.385. The van der Waals surface area contributed by atoms with Gasteiger partial charge in [0, 0.05) is 12.6 Å². The molecule has 0 saturated carbocycles. The molecule has 0 fully saturated rings. The number of hydrogen-bond acceptors (Lipinski definition) is 3. The molecule has 0 aliphatic rings. The molecule has 5 nitrogen and oxygen atoms in total. The average Bonchev–Trinajstić information content (AvgIpc) is 2.34. The normalized spacial score (nSPS) is 12.3. The quantitative estimate of drug-likeness (QED) is 0.769. The number of aliphatic carboxylic acids is 2. The summed E-state index contributed by atoms with van der Waals surface area (Å²) < 4.78 is 0. The number of rotatable bonds is 7. The molecule has 0 saturated heterocycles. The Morgan fingerprint density at radius 1 is 1.17 bits per heavy atom. The second-order valence-corrected chi connectivity index (χ2v) is 4.09. The first-order chi connectivity index (χ1) is 8.50. The van der Waals surface area contributed by atoms with E-state index in [-0.39, 0.29) is 25.6 Å². The van der Waals surface area contributed by atoms with E-state index < -0.39 is 11.9 Å². The van der Waals surface area contributed by atoms with Crippen molar-refractivity contribution in [1.82, 2.24) is 4.90 Å². The molecule has 0 aromatic heterocycles. The van der Waals surface area contributed by atoms with Crippen molar-refractivity contribution in [2.24, 2.45) is 0 Å². The van der Waals surface area contributed by atoms with Crippen LogP contribution in [0.2, 0.25) is 0 Å². The summed E-state index contributed by atoms with van der Waals surface area (Å²) in [6.45, 7) is 1.93. The Bertz CT molecular complexity index is 405. The fourth-order valence-corrected chi connectivity index (χ4v) is 1.76. The van der Waals surface area contributed by atoms with E-state index in [4.69, 9.17) is 10.2 Å². The molecule has 1 aromatic rings. The summed E-state index contributed by atoms with van der Waals surface area (Å²) in [5, 5.41) is 17.5. The predicted molar refractivity (Wildman–Crippen MR) is 66.3 cm³/mol. The van der Waals surface area contributed by atoms with Gasteiger partial charge in [-0.05, 0) is 12.5 Å². The third kappa shape index (κ3) is 4.55. The van der Waals surface area contributed by atoms with Gasteiger partial charge in [-0.2, -0.15) is 0 Å². The topological polar surface area (TPSA) is 77.8 Å². The minimum Gasteiger partial charge on any atom is -0.481 e. The number of carboxylic acids is 2. The highest BCUT2D eigenvalue weighted by Crippen LogP contribution is 2.19. The highest BCUT2D eigenvalue weighted by atomic mass is 16.4. The lowest BCUT2D eigenvalue weighted by molar-refractivity contribution is -0.141. The van der Waals surface area contributed by atoms with Crippen molar-refractivity contribution in [3.05, 3.63) is 35.9 Å². The van der Waals surface area contributed by atoms with Crippen molar-refractivity contribution in [2.75, 3.05) is 13.1 Å². The molecule has 0 heterocycles. The first-order valence-corrected chi connectivity index (χ1v) is 5.73. The maximum absolute atomic E-state index is 10.8. The Labute approximate surface area is 106 Å². The van der Waals surface area contributed by atoms with Gasteiger partial charge >= 0.3 is 11.9 Å². The smallest absolute Gasteiger partial charge is 0.317 e. The van der Waals surface area contributed by atoms with E-state index in [0.29, 0.717) is 0 Å². The van der Waals surface area contributed by atoms with Crippen LogP contribution in [0, 0.1) is 0 Å². The second kappa shape index (κ2) is 6.76.